The molecular weight excluding hydrogens is 264 g/mol. The van der Waals surface area contributed by atoms with Crippen LogP contribution in [-0.4, -0.2) is 31.0 Å². The van der Waals surface area contributed by atoms with Gasteiger partial charge < -0.3 is 4.98 Å². The third kappa shape index (κ3) is 2.58. The summed E-state index contributed by atoms with van der Waals surface area (Å²) in [6, 6.07) is 0.154. The number of aromatic amines is 1. The van der Waals surface area contributed by atoms with Crippen molar-refractivity contribution in [1.29, 1.82) is 0 Å². The Morgan fingerprint density at radius 3 is 2.95 bits per heavy atom. The molecule has 1 aliphatic heterocycles. The van der Waals surface area contributed by atoms with Crippen LogP contribution < -0.4 is 0 Å². The lowest BCUT2D eigenvalue weighted by Gasteiger charge is -2.34. The minimum Gasteiger partial charge on any atom is -0.347 e. The first-order valence-electron chi connectivity index (χ1n) is 6.79. The third-order valence-corrected chi connectivity index (χ3v) is 3.75. The van der Waals surface area contributed by atoms with Crippen LogP contribution in [0.15, 0.2) is 24.8 Å². The normalized spacial score (nSPS) is 20.6. The number of H-pyrrole nitrogens is 1. The Hall–Kier alpha value is -1.76. The highest BCUT2D eigenvalue weighted by molar-refractivity contribution is 5.01. The molecule has 1 atom stereocenters. The fourth-order valence-electron chi connectivity index (χ4n) is 2.78. The average Bonchev–Trinajstić information content (AvgIpc) is 3.09. The Balaban J connectivity index is 1.79. The number of piperidine rings is 1. The number of hydrogen-bond donors (Lipinski definition) is 1. The number of nitrogens with zero attached hydrogens (tertiary/aromatic N) is 4. The number of rotatable bonds is 4. The van der Waals surface area contributed by atoms with E-state index in [1.165, 1.54) is 12.4 Å². The van der Waals surface area contributed by atoms with Gasteiger partial charge in [0.15, 0.2) is 0 Å². The zero-order valence-corrected chi connectivity index (χ0v) is 11.0. The lowest BCUT2D eigenvalue weighted by molar-refractivity contribution is 0.0590. The summed E-state index contributed by atoms with van der Waals surface area (Å²) in [5.74, 6) is 1.30. The number of nitrogens with one attached hydrogen (secondary N) is 1. The van der Waals surface area contributed by atoms with Crippen LogP contribution in [0.4, 0.5) is 8.78 Å². The van der Waals surface area contributed by atoms with E-state index in [4.69, 9.17) is 0 Å². The van der Waals surface area contributed by atoms with E-state index in [2.05, 4.69) is 19.9 Å². The number of halogens is 2. The van der Waals surface area contributed by atoms with E-state index in [-0.39, 0.29) is 6.04 Å². The molecule has 1 N–H and O–H groups in total. The maximum Gasteiger partial charge on any atom is 0.319 e. The lowest BCUT2D eigenvalue weighted by atomic mass is 10.0. The Kier molecular flexibility index (Phi) is 3.77. The summed E-state index contributed by atoms with van der Waals surface area (Å²) >= 11 is 0. The number of aromatic nitrogens is 4. The lowest BCUT2D eigenvalue weighted by Crippen LogP contribution is -2.34. The van der Waals surface area contributed by atoms with E-state index < -0.39 is 6.55 Å². The van der Waals surface area contributed by atoms with Gasteiger partial charge in [-0.2, -0.15) is 8.78 Å². The average molecular weight is 281 g/mol. The molecule has 5 nitrogen and oxygen atoms in total. The molecule has 2 aromatic rings. The van der Waals surface area contributed by atoms with Crippen LogP contribution in [0.1, 0.15) is 43.5 Å². The Morgan fingerprint density at radius 2 is 2.20 bits per heavy atom. The van der Waals surface area contributed by atoms with E-state index in [1.807, 2.05) is 0 Å². The minimum atomic E-state index is -2.54. The second-order valence-corrected chi connectivity index (χ2v) is 4.98. The second kappa shape index (κ2) is 5.70. The first-order chi connectivity index (χ1) is 9.75. The van der Waals surface area contributed by atoms with E-state index in [1.54, 1.807) is 12.4 Å². The molecule has 108 valence electrons. The van der Waals surface area contributed by atoms with Gasteiger partial charge in [-0.05, 0) is 19.4 Å². The Morgan fingerprint density at radius 1 is 1.30 bits per heavy atom. The molecule has 0 spiro atoms. The highest BCUT2D eigenvalue weighted by Crippen LogP contribution is 2.30. The van der Waals surface area contributed by atoms with Crippen molar-refractivity contribution in [3.05, 3.63) is 36.4 Å². The van der Waals surface area contributed by atoms with Crippen molar-refractivity contribution in [2.24, 2.45) is 0 Å². The summed E-state index contributed by atoms with van der Waals surface area (Å²) in [6.07, 6.45) is 9.46. The predicted octanol–water partition coefficient (Wildman–Crippen LogP) is 2.73. The Bertz CT molecular complexity index is 537. The Labute approximate surface area is 115 Å². The van der Waals surface area contributed by atoms with Crippen molar-refractivity contribution in [3.63, 3.8) is 0 Å². The van der Waals surface area contributed by atoms with Gasteiger partial charge in [0, 0.05) is 24.8 Å². The van der Waals surface area contributed by atoms with Gasteiger partial charge in [0.05, 0.1) is 12.6 Å². The fourth-order valence-corrected chi connectivity index (χ4v) is 2.78. The van der Waals surface area contributed by atoms with E-state index in [0.29, 0.717) is 12.4 Å². The summed E-state index contributed by atoms with van der Waals surface area (Å²) in [7, 11) is 0. The summed E-state index contributed by atoms with van der Waals surface area (Å²) in [4.78, 5) is 13.7. The zero-order chi connectivity index (χ0) is 13.9. The monoisotopic (exact) mass is 281 g/mol. The van der Waals surface area contributed by atoms with E-state index in [0.717, 1.165) is 36.2 Å². The first kappa shape index (κ1) is 13.2. The largest absolute Gasteiger partial charge is 0.347 e. The minimum absolute atomic E-state index is 0.154. The molecule has 0 unspecified atom stereocenters. The molecule has 20 heavy (non-hydrogen) atoms. The predicted molar refractivity (Wildman–Crippen MR) is 69.1 cm³/mol. The topological polar surface area (TPSA) is 49.7 Å². The number of hydrogen-bond acceptors (Lipinski definition) is 3. The van der Waals surface area contributed by atoms with Gasteiger partial charge in [0.1, 0.15) is 11.6 Å². The molecule has 0 aliphatic carbocycles. The standard InChI is InChI=1S/C13H17F2N5/c14-13(15)20-8-6-16-11(20)9-19-7-2-1-3-10(19)12-17-4-5-18-12/h4-6,8,10,13H,1-3,7,9H2,(H,17,18)/t10-/m1/s1. The van der Waals surface area contributed by atoms with Crippen LogP contribution >= 0.6 is 0 Å². The SMILES string of the molecule is FC(F)n1ccnc1CN1CCCC[C@@H]1c1ncc[nH]1. The maximum atomic E-state index is 12.9. The molecule has 1 saturated heterocycles. The summed E-state index contributed by atoms with van der Waals surface area (Å²) in [5.41, 5.74) is 0. The van der Waals surface area contributed by atoms with E-state index >= 15 is 0 Å². The van der Waals surface area contributed by atoms with Crippen LogP contribution in [0.5, 0.6) is 0 Å². The molecule has 1 fully saturated rings. The van der Waals surface area contributed by atoms with Crippen molar-refractivity contribution in [2.45, 2.75) is 38.4 Å². The number of imidazole rings is 2. The van der Waals surface area contributed by atoms with Crippen molar-refractivity contribution in [1.82, 2.24) is 24.4 Å². The molecule has 0 bridgehead atoms. The smallest absolute Gasteiger partial charge is 0.319 e. The van der Waals surface area contributed by atoms with Crippen LogP contribution in [-0.2, 0) is 6.54 Å². The van der Waals surface area contributed by atoms with Gasteiger partial charge in [0.25, 0.3) is 0 Å². The van der Waals surface area contributed by atoms with Gasteiger partial charge >= 0.3 is 6.55 Å². The van der Waals surface area contributed by atoms with Gasteiger partial charge in [-0.1, -0.05) is 6.42 Å². The quantitative estimate of drug-likeness (QED) is 0.937. The third-order valence-electron chi connectivity index (χ3n) is 3.75. The van der Waals surface area contributed by atoms with Crippen LogP contribution in [0.2, 0.25) is 0 Å². The molecule has 0 amide bonds. The summed E-state index contributed by atoms with van der Waals surface area (Å²) in [6.45, 7) is -1.25. The molecule has 0 saturated carbocycles. The highest BCUT2D eigenvalue weighted by atomic mass is 19.3. The van der Waals surface area contributed by atoms with Gasteiger partial charge in [-0.15, -0.1) is 0 Å². The molecule has 0 aromatic carbocycles. The van der Waals surface area contributed by atoms with Gasteiger partial charge in [-0.3, -0.25) is 9.47 Å². The van der Waals surface area contributed by atoms with Gasteiger partial charge in [-0.25, -0.2) is 9.97 Å². The molecule has 1 aliphatic rings. The molecule has 2 aromatic heterocycles. The maximum absolute atomic E-state index is 12.9. The van der Waals surface area contributed by atoms with Crippen molar-refractivity contribution in [3.8, 4) is 0 Å². The zero-order valence-electron chi connectivity index (χ0n) is 11.0. The second-order valence-electron chi connectivity index (χ2n) is 4.98. The van der Waals surface area contributed by atoms with Gasteiger partial charge in [0.2, 0.25) is 0 Å². The molecule has 3 rings (SSSR count). The summed E-state index contributed by atoms with van der Waals surface area (Å²) in [5, 5.41) is 0. The first-order valence-corrected chi connectivity index (χ1v) is 6.79. The number of likely N-dealkylation sites (tertiary alicyclic amines) is 1. The summed E-state index contributed by atoms with van der Waals surface area (Å²) < 4.78 is 26.7. The molecule has 3 heterocycles. The fraction of sp³-hybridized carbons (Fsp3) is 0.538. The molecular formula is C13H17F2N5. The highest BCUT2D eigenvalue weighted by Gasteiger charge is 2.27. The van der Waals surface area contributed by atoms with Crippen LogP contribution in [0.25, 0.3) is 0 Å². The van der Waals surface area contributed by atoms with Crippen molar-refractivity contribution in [2.75, 3.05) is 6.54 Å². The van der Waals surface area contributed by atoms with Crippen LogP contribution in [0.3, 0.4) is 0 Å². The molecule has 7 heteroatoms. The number of alkyl halides is 2. The van der Waals surface area contributed by atoms with Crippen molar-refractivity contribution < 1.29 is 8.78 Å². The molecule has 0 radical (unpaired) electrons. The van der Waals surface area contributed by atoms with Crippen LogP contribution in [0, 0.1) is 0 Å². The van der Waals surface area contributed by atoms with Crippen molar-refractivity contribution >= 4 is 0 Å². The van der Waals surface area contributed by atoms with E-state index in [9.17, 15) is 8.78 Å².